The molecule has 104 valence electrons. The first-order valence-electron chi connectivity index (χ1n) is 5.71. The zero-order chi connectivity index (χ0) is 14.5. The predicted octanol–water partition coefficient (Wildman–Crippen LogP) is 5.01. The summed E-state index contributed by atoms with van der Waals surface area (Å²) in [5.74, 6) is 1.48. The number of alkyl halides is 1. The van der Waals surface area contributed by atoms with E-state index in [1.54, 1.807) is 30.3 Å². The molecule has 0 bridgehead atoms. The zero-order valence-corrected chi connectivity index (χ0v) is 12.6. The Morgan fingerprint density at radius 1 is 1.10 bits per heavy atom. The maximum Gasteiger partial charge on any atom is 0.153 e. The van der Waals surface area contributed by atoms with Crippen LogP contribution in [0.2, 0.25) is 10.0 Å². The van der Waals surface area contributed by atoms with Gasteiger partial charge in [0, 0.05) is 5.02 Å². The number of benzene rings is 2. The van der Waals surface area contributed by atoms with Gasteiger partial charge < -0.3 is 10.5 Å². The van der Waals surface area contributed by atoms with Gasteiger partial charge in [0.05, 0.1) is 10.9 Å². The minimum Gasteiger partial charge on any atom is -0.454 e. The van der Waals surface area contributed by atoms with Crippen LogP contribution in [0, 0.1) is 0 Å². The van der Waals surface area contributed by atoms with Gasteiger partial charge in [-0.1, -0.05) is 35.3 Å². The molecule has 0 aliphatic rings. The van der Waals surface area contributed by atoms with Crippen LogP contribution in [0.25, 0.3) is 0 Å². The fourth-order valence-corrected chi connectivity index (χ4v) is 2.00. The van der Waals surface area contributed by atoms with Crippen molar-refractivity contribution in [3.63, 3.8) is 0 Å². The number of nitrogens with two attached hydrogens (primary N) is 1. The Morgan fingerprint density at radius 3 is 2.55 bits per heavy atom. The number of halogens is 3. The smallest absolute Gasteiger partial charge is 0.153 e. The van der Waals surface area contributed by atoms with Gasteiger partial charge in [0.25, 0.3) is 0 Å². The van der Waals surface area contributed by atoms with E-state index in [1.165, 1.54) is 0 Å². The van der Waals surface area contributed by atoms with Crippen LogP contribution in [0.5, 0.6) is 11.5 Å². The van der Waals surface area contributed by atoms with Gasteiger partial charge in [-0.2, -0.15) is 0 Å². The summed E-state index contributed by atoms with van der Waals surface area (Å²) in [6.07, 6.45) is 0. The minimum absolute atomic E-state index is 0.149. The number of nitrogens with zero attached hydrogens (tertiary/aromatic N) is 1. The SMILES string of the molecule is NC(CCl)=Nc1ccccc1Oc1ccc(Cl)cc1Cl. The molecule has 2 aromatic rings. The van der Waals surface area contributed by atoms with E-state index >= 15 is 0 Å². The molecule has 0 unspecified atom stereocenters. The highest BCUT2D eigenvalue weighted by molar-refractivity contribution is 6.35. The van der Waals surface area contributed by atoms with E-state index in [0.29, 0.717) is 33.1 Å². The number of ether oxygens (including phenoxy) is 1. The van der Waals surface area contributed by atoms with Gasteiger partial charge in [0.2, 0.25) is 0 Å². The van der Waals surface area contributed by atoms with Crippen molar-refractivity contribution in [2.45, 2.75) is 0 Å². The van der Waals surface area contributed by atoms with Crippen molar-refractivity contribution in [2.75, 3.05) is 5.88 Å². The highest BCUT2D eigenvalue weighted by atomic mass is 35.5. The molecule has 0 aliphatic heterocycles. The summed E-state index contributed by atoms with van der Waals surface area (Å²) in [5, 5.41) is 0.960. The molecule has 0 saturated carbocycles. The summed E-state index contributed by atoms with van der Waals surface area (Å²) in [7, 11) is 0. The molecule has 0 spiro atoms. The molecular formula is C14H11Cl3N2O. The predicted molar refractivity (Wildman–Crippen MR) is 85.0 cm³/mol. The summed E-state index contributed by atoms with van der Waals surface area (Å²) in [6.45, 7) is 0. The highest BCUT2D eigenvalue weighted by Gasteiger charge is 2.07. The molecule has 0 heterocycles. The Morgan fingerprint density at radius 2 is 1.85 bits per heavy atom. The Hall–Kier alpha value is -1.42. The molecule has 2 N–H and O–H groups in total. The first kappa shape index (κ1) is 15.0. The Balaban J connectivity index is 2.34. The zero-order valence-electron chi connectivity index (χ0n) is 10.3. The molecule has 20 heavy (non-hydrogen) atoms. The number of hydrogen-bond acceptors (Lipinski definition) is 2. The maximum atomic E-state index is 6.07. The first-order valence-corrected chi connectivity index (χ1v) is 7.00. The molecule has 0 aliphatic carbocycles. The largest absolute Gasteiger partial charge is 0.454 e. The lowest BCUT2D eigenvalue weighted by atomic mass is 10.3. The molecule has 3 nitrogen and oxygen atoms in total. The van der Waals surface area contributed by atoms with Crippen molar-refractivity contribution in [1.82, 2.24) is 0 Å². The molecule has 0 radical (unpaired) electrons. The molecule has 2 rings (SSSR count). The number of aliphatic imine (C=N–C) groups is 1. The van der Waals surface area contributed by atoms with Crippen molar-refractivity contribution in [3.05, 3.63) is 52.5 Å². The van der Waals surface area contributed by atoms with Crippen molar-refractivity contribution < 1.29 is 4.74 Å². The summed E-state index contributed by atoms with van der Waals surface area (Å²) < 4.78 is 5.74. The monoisotopic (exact) mass is 328 g/mol. The summed E-state index contributed by atoms with van der Waals surface area (Å²) in [4.78, 5) is 4.19. The number of rotatable bonds is 4. The van der Waals surface area contributed by atoms with E-state index in [-0.39, 0.29) is 5.88 Å². The van der Waals surface area contributed by atoms with E-state index in [2.05, 4.69) is 4.99 Å². The van der Waals surface area contributed by atoms with Crippen molar-refractivity contribution >= 4 is 46.3 Å². The molecule has 2 aromatic carbocycles. The van der Waals surface area contributed by atoms with Gasteiger partial charge >= 0.3 is 0 Å². The van der Waals surface area contributed by atoms with E-state index < -0.39 is 0 Å². The lowest BCUT2D eigenvalue weighted by molar-refractivity contribution is 0.484. The topological polar surface area (TPSA) is 47.6 Å². The maximum absolute atomic E-state index is 6.07. The third-order valence-corrected chi connectivity index (χ3v) is 3.18. The van der Waals surface area contributed by atoms with E-state index in [9.17, 15) is 0 Å². The normalized spacial score (nSPS) is 11.4. The van der Waals surface area contributed by atoms with Crippen molar-refractivity contribution in [2.24, 2.45) is 10.7 Å². The van der Waals surface area contributed by atoms with Gasteiger partial charge in [-0.25, -0.2) is 4.99 Å². The standard InChI is InChI=1S/C14H11Cl3N2O/c15-8-14(18)19-11-3-1-2-4-13(11)20-12-6-5-9(16)7-10(12)17/h1-7H,8H2,(H2,18,19). The lowest BCUT2D eigenvalue weighted by Crippen LogP contribution is -2.12. The second-order valence-electron chi connectivity index (χ2n) is 3.88. The Bertz CT molecular complexity index is 644. The Labute approximate surface area is 131 Å². The van der Waals surface area contributed by atoms with Crippen LogP contribution >= 0.6 is 34.8 Å². The van der Waals surface area contributed by atoms with E-state index in [0.717, 1.165) is 0 Å². The second kappa shape index (κ2) is 6.84. The van der Waals surface area contributed by atoms with Crippen LogP contribution in [0.1, 0.15) is 0 Å². The quantitative estimate of drug-likeness (QED) is 0.487. The van der Waals surface area contributed by atoms with Crippen LogP contribution in [0.3, 0.4) is 0 Å². The van der Waals surface area contributed by atoms with Gasteiger partial charge in [0.1, 0.15) is 17.3 Å². The Kier molecular flexibility index (Phi) is 5.12. The van der Waals surface area contributed by atoms with Crippen LogP contribution < -0.4 is 10.5 Å². The van der Waals surface area contributed by atoms with Crippen LogP contribution in [0.4, 0.5) is 5.69 Å². The molecule has 6 heteroatoms. The molecule has 0 saturated heterocycles. The highest BCUT2D eigenvalue weighted by Crippen LogP contribution is 2.36. The first-order chi connectivity index (χ1) is 9.60. The number of hydrogen-bond donors (Lipinski definition) is 1. The molecule has 0 aromatic heterocycles. The third-order valence-electron chi connectivity index (χ3n) is 2.38. The summed E-state index contributed by atoms with van der Waals surface area (Å²) in [5.41, 5.74) is 6.22. The average Bonchev–Trinajstić information content (AvgIpc) is 2.43. The third kappa shape index (κ3) is 3.79. The van der Waals surface area contributed by atoms with E-state index in [1.807, 2.05) is 12.1 Å². The minimum atomic E-state index is 0.149. The summed E-state index contributed by atoms with van der Waals surface area (Å²) >= 11 is 17.5. The van der Waals surface area contributed by atoms with Crippen LogP contribution in [0.15, 0.2) is 47.5 Å². The number of para-hydroxylation sites is 2. The molecule has 0 amide bonds. The van der Waals surface area contributed by atoms with Crippen molar-refractivity contribution in [1.29, 1.82) is 0 Å². The van der Waals surface area contributed by atoms with Crippen LogP contribution in [-0.4, -0.2) is 11.7 Å². The fraction of sp³-hybridized carbons (Fsp3) is 0.0714. The molecular weight excluding hydrogens is 319 g/mol. The lowest BCUT2D eigenvalue weighted by Gasteiger charge is -2.10. The van der Waals surface area contributed by atoms with Gasteiger partial charge in [-0.3, -0.25) is 0 Å². The summed E-state index contributed by atoms with van der Waals surface area (Å²) in [6, 6.07) is 12.2. The van der Waals surface area contributed by atoms with Gasteiger partial charge in [0.15, 0.2) is 5.75 Å². The van der Waals surface area contributed by atoms with Gasteiger partial charge in [-0.15, -0.1) is 11.6 Å². The molecule has 0 fully saturated rings. The average molecular weight is 330 g/mol. The van der Waals surface area contributed by atoms with Crippen LogP contribution in [-0.2, 0) is 0 Å². The van der Waals surface area contributed by atoms with E-state index in [4.69, 9.17) is 45.3 Å². The van der Waals surface area contributed by atoms with Gasteiger partial charge in [-0.05, 0) is 30.3 Å². The number of amidine groups is 1. The van der Waals surface area contributed by atoms with Crippen molar-refractivity contribution in [3.8, 4) is 11.5 Å². The second-order valence-corrected chi connectivity index (χ2v) is 4.99. The fourth-order valence-electron chi connectivity index (χ4n) is 1.50. The molecule has 0 atom stereocenters.